The third-order valence-electron chi connectivity index (χ3n) is 3.37. The average molecular weight is 283 g/mol. The first-order valence-electron chi connectivity index (χ1n) is 6.59. The van der Waals surface area contributed by atoms with E-state index in [0.717, 1.165) is 11.1 Å². The van der Waals surface area contributed by atoms with Crippen molar-refractivity contribution in [3.8, 4) is 0 Å². The predicted octanol–water partition coefficient (Wildman–Crippen LogP) is 3.97. The molecule has 0 aromatic heterocycles. The molecule has 2 rings (SSSR count). The normalized spacial score (nSPS) is 10.8. The van der Waals surface area contributed by atoms with Crippen LogP contribution in [0, 0.1) is 30.9 Å². The molecule has 0 heterocycles. The quantitative estimate of drug-likeness (QED) is 0.524. The lowest BCUT2D eigenvalue weighted by Gasteiger charge is -2.06. The van der Waals surface area contributed by atoms with Gasteiger partial charge in [0.15, 0.2) is 0 Å². The number of aryl methyl sites for hydroxylation is 3. The highest BCUT2D eigenvalue weighted by atomic mass is 16.6. The number of hydrogen-bond acceptors (Lipinski definition) is 4. The first-order valence-corrected chi connectivity index (χ1v) is 6.59. The molecule has 0 aliphatic rings. The molecule has 0 spiro atoms. The molecule has 0 unspecified atom stereocenters. The number of nitro groups is 1. The van der Waals surface area contributed by atoms with Gasteiger partial charge in [0.1, 0.15) is 5.69 Å². The van der Waals surface area contributed by atoms with E-state index in [4.69, 9.17) is 0 Å². The van der Waals surface area contributed by atoms with E-state index >= 15 is 0 Å². The van der Waals surface area contributed by atoms with Gasteiger partial charge in [-0.15, -0.1) is 0 Å². The molecular weight excluding hydrogens is 266 g/mol. The molecule has 5 nitrogen and oxygen atoms in total. The Morgan fingerprint density at radius 1 is 1.10 bits per heavy atom. The van der Waals surface area contributed by atoms with E-state index in [9.17, 15) is 10.1 Å². The number of rotatable bonds is 4. The molecule has 0 bridgehead atoms. The molecule has 1 N–H and O–H groups in total. The van der Waals surface area contributed by atoms with Gasteiger partial charge in [0.05, 0.1) is 11.1 Å². The molecule has 0 aliphatic heterocycles. The van der Waals surface area contributed by atoms with Crippen molar-refractivity contribution in [1.29, 1.82) is 0 Å². The first-order chi connectivity index (χ1) is 9.99. The lowest BCUT2D eigenvalue weighted by molar-refractivity contribution is -0.384. The fraction of sp³-hybridized carbons (Fsp3) is 0.188. The number of nitrogens with zero attached hydrogens (tertiary/aromatic N) is 2. The monoisotopic (exact) mass is 283 g/mol. The van der Waals surface area contributed by atoms with Crippen LogP contribution in [0.2, 0.25) is 0 Å². The highest BCUT2D eigenvalue weighted by molar-refractivity contribution is 5.83. The summed E-state index contributed by atoms with van der Waals surface area (Å²) in [6.07, 6.45) is 1.68. The van der Waals surface area contributed by atoms with E-state index in [1.165, 1.54) is 17.2 Å². The van der Waals surface area contributed by atoms with Crippen molar-refractivity contribution in [2.24, 2.45) is 5.10 Å². The summed E-state index contributed by atoms with van der Waals surface area (Å²) in [5.41, 5.74) is 7.64. The number of nitrogens with one attached hydrogen (secondary N) is 1. The Morgan fingerprint density at radius 2 is 1.76 bits per heavy atom. The number of nitro benzene ring substituents is 1. The summed E-state index contributed by atoms with van der Waals surface area (Å²) in [5, 5.41) is 15.0. The maximum atomic E-state index is 10.9. The third kappa shape index (κ3) is 3.45. The van der Waals surface area contributed by atoms with Crippen LogP contribution in [0.15, 0.2) is 41.5 Å². The largest absolute Gasteiger partial charge is 0.294 e. The van der Waals surface area contributed by atoms with Crippen molar-refractivity contribution >= 4 is 17.6 Å². The number of anilines is 1. The zero-order valence-corrected chi connectivity index (χ0v) is 12.3. The Morgan fingerprint density at radius 3 is 2.48 bits per heavy atom. The maximum Gasteiger partial charge on any atom is 0.294 e. The van der Waals surface area contributed by atoms with Crippen molar-refractivity contribution in [3.63, 3.8) is 0 Å². The average Bonchev–Trinajstić information content (AvgIpc) is 2.44. The van der Waals surface area contributed by atoms with Gasteiger partial charge in [0.2, 0.25) is 0 Å². The minimum Gasteiger partial charge on any atom is -0.272 e. The third-order valence-corrected chi connectivity index (χ3v) is 3.37. The topological polar surface area (TPSA) is 67.5 Å². The van der Waals surface area contributed by atoms with E-state index in [1.807, 2.05) is 13.8 Å². The summed E-state index contributed by atoms with van der Waals surface area (Å²) in [5.74, 6) is 0. The maximum absolute atomic E-state index is 10.9. The summed E-state index contributed by atoms with van der Waals surface area (Å²) in [4.78, 5) is 10.5. The number of hydrazone groups is 1. The van der Waals surface area contributed by atoms with Gasteiger partial charge in [-0.25, -0.2) is 0 Å². The summed E-state index contributed by atoms with van der Waals surface area (Å²) in [6, 6.07) is 10.6. The van der Waals surface area contributed by atoms with Crippen LogP contribution >= 0.6 is 0 Å². The Balaban J connectivity index is 2.21. The van der Waals surface area contributed by atoms with Crippen molar-refractivity contribution < 1.29 is 4.92 Å². The lowest BCUT2D eigenvalue weighted by Crippen LogP contribution is -1.98. The molecule has 0 fully saturated rings. The number of para-hydroxylation sites is 2. The van der Waals surface area contributed by atoms with Gasteiger partial charge in [-0.2, -0.15) is 5.10 Å². The highest BCUT2D eigenvalue weighted by Gasteiger charge is 2.10. The molecule has 0 amide bonds. The van der Waals surface area contributed by atoms with Crippen LogP contribution in [0.3, 0.4) is 0 Å². The molecule has 2 aromatic carbocycles. The van der Waals surface area contributed by atoms with Crippen LogP contribution < -0.4 is 5.43 Å². The Bertz CT molecular complexity index is 709. The van der Waals surface area contributed by atoms with Crippen molar-refractivity contribution in [2.75, 3.05) is 5.43 Å². The molecule has 2 aromatic rings. The molecule has 0 saturated heterocycles. The summed E-state index contributed by atoms with van der Waals surface area (Å²) < 4.78 is 0. The minimum absolute atomic E-state index is 0.00598. The molecule has 108 valence electrons. The van der Waals surface area contributed by atoms with Crippen molar-refractivity contribution in [3.05, 3.63) is 68.8 Å². The molecular formula is C16H17N3O2. The lowest BCUT2D eigenvalue weighted by atomic mass is 10.0. The van der Waals surface area contributed by atoms with Crippen LogP contribution in [-0.2, 0) is 0 Å². The SMILES string of the molecule is Cc1cc(C)c(/C=N\Nc2ccccc2[N+](=O)[O-])cc1C. The van der Waals surface area contributed by atoms with Gasteiger partial charge in [0, 0.05) is 6.07 Å². The molecule has 0 saturated carbocycles. The van der Waals surface area contributed by atoms with Crippen LogP contribution in [0.5, 0.6) is 0 Å². The van der Waals surface area contributed by atoms with Crippen molar-refractivity contribution in [1.82, 2.24) is 0 Å². The standard InChI is InChI=1S/C16H17N3O2/c1-11-8-13(3)14(9-12(11)2)10-17-18-15-6-4-5-7-16(15)19(20)21/h4-10,18H,1-3H3/b17-10-. The highest BCUT2D eigenvalue weighted by Crippen LogP contribution is 2.23. The zero-order valence-electron chi connectivity index (χ0n) is 12.3. The Hall–Kier alpha value is -2.69. The smallest absolute Gasteiger partial charge is 0.272 e. The van der Waals surface area contributed by atoms with Crippen molar-refractivity contribution in [2.45, 2.75) is 20.8 Å². The van der Waals surface area contributed by atoms with Gasteiger partial charge in [-0.1, -0.05) is 18.2 Å². The predicted molar refractivity (Wildman–Crippen MR) is 85.0 cm³/mol. The summed E-state index contributed by atoms with van der Waals surface area (Å²) >= 11 is 0. The molecule has 5 heteroatoms. The van der Waals surface area contributed by atoms with Crippen LogP contribution in [0.1, 0.15) is 22.3 Å². The van der Waals surface area contributed by atoms with E-state index < -0.39 is 4.92 Å². The zero-order chi connectivity index (χ0) is 15.4. The second-order valence-electron chi connectivity index (χ2n) is 4.94. The molecule has 21 heavy (non-hydrogen) atoms. The van der Waals surface area contributed by atoms with Gasteiger partial charge in [-0.05, 0) is 55.2 Å². The van der Waals surface area contributed by atoms with E-state index in [1.54, 1.807) is 24.4 Å². The van der Waals surface area contributed by atoms with E-state index in [-0.39, 0.29) is 5.69 Å². The fourth-order valence-corrected chi connectivity index (χ4v) is 2.02. The van der Waals surface area contributed by atoms with E-state index in [2.05, 4.69) is 29.6 Å². The molecule has 0 radical (unpaired) electrons. The summed E-state index contributed by atoms with van der Waals surface area (Å²) in [7, 11) is 0. The molecule has 0 atom stereocenters. The van der Waals surface area contributed by atoms with Gasteiger partial charge in [-0.3, -0.25) is 15.5 Å². The second-order valence-corrected chi connectivity index (χ2v) is 4.94. The second kappa shape index (κ2) is 6.17. The number of benzene rings is 2. The van der Waals surface area contributed by atoms with Crippen LogP contribution in [0.25, 0.3) is 0 Å². The first kappa shape index (κ1) is 14.7. The Kier molecular flexibility index (Phi) is 4.33. The molecule has 0 aliphatic carbocycles. The van der Waals surface area contributed by atoms with E-state index in [0.29, 0.717) is 5.69 Å². The minimum atomic E-state index is -0.431. The van der Waals surface area contributed by atoms with Gasteiger partial charge < -0.3 is 0 Å². The van der Waals surface area contributed by atoms with Crippen LogP contribution in [-0.4, -0.2) is 11.1 Å². The fourth-order valence-electron chi connectivity index (χ4n) is 2.02. The summed E-state index contributed by atoms with van der Waals surface area (Å²) in [6.45, 7) is 6.12. The van der Waals surface area contributed by atoms with Gasteiger partial charge >= 0.3 is 0 Å². The van der Waals surface area contributed by atoms with Crippen LogP contribution in [0.4, 0.5) is 11.4 Å². The Labute approximate surface area is 123 Å². The van der Waals surface area contributed by atoms with Gasteiger partial charge in [0.25, 0.3) is 5.69 Å². The number of hydrogen-bond donors (Lipinski definition) is 1.